The van der Waals surface area contributed by atoms with E-state index in [9.17, 15) is 9.59 Å². The lowest BCUT2D eigenvalue weighted by atomic mass is 9.95. The fraction of sp³-hybridized carbons (Fsp3) is 0.478. The average molecular weight is 479 g/mol. The zero-order valence-electron chi connectivity index (χ0n) is 19.8. The first-order valence-corrected chi connectivity index (χ1v) is 11.2. The Bertz CT molecular complexity index is 1160. The molecule has 0 N–H and O–H groups in total. The largest absolute Gasteiger partial charge is 0.519 e. The van der Waals surface area contributed by atoms with Crippen LogP contribution in [0.4, 0.5) is 0 Å². The van der Waals surface area contributed by atoms with Gasteiger partial charge in [-0.2, -0.15) is 0 Å². The third-order valence-electron chi connectivity index (χ3n) is 5.16. The fourth-order valence-electron chi connectivity index (χ4n) is 3.10. The van der Waals surface area contributed by atoms with Gasteiger partial charge in [-0.1, -0.05) is 0 Å². The van der Waals surface area contributed by atoms with Gasteiger partial charge in [0, 0.05) is 18.1 Å². The van der Waals surface area contributed by atoms with Crippen LogP contribution in [0.1, 0.15) is 30.9 Å². The van der Waals surface area contributed by atoms with Crippen molar-refractivity contribution in [1.82, 2.24) is 8.87 Å². The lowest BCUT2D eigenvalue weighted by Gasteiger charge is -2.21. The second-order valence-electron chi connectivity index (χ2n) is 8.65. The van der Waals surface area contributed by atoms with Gasteiger partial charge in [0.25, 0.3) is 0 Å². The van der Waals surface area contributed by atoms with Gasteiger partial charge < -0.3 is 23.2 Å². The topological polar surface area (TPSA) is 96.3 Å². The van der Waals surface area contributed by atoms with E-state index in [0.717, 1.165) is 41.8 Å². The predicted octanol–water partition coefficient (Wildman–Crippen LogP) is 3.81. The number of methoxy groups -OCH3 is 1. The van der Waals surface area contributed by atoms with E-state index >= 15 is 0 Å². The van der Waals surface area contributed by atoms with Crippen molar-refractivity contribution in [3.05, 3.63) is 52.1 Å². The molecule has 0 aliphatic heterocycles. The lowest BCUT2D eigenvalue weighted by Crippen LogP contribution is -2.30. The van der Waals surface area contributed by atoms with Gasteiger partial charge in [-0.15, -0.1) is 0 Å². The highest BCUT2D eigenvalue weighted by atomic mass is 32.2. The molecule has 33 heavy (non-hydrogen) atoms. The Labute approximate surface area is 196 Å². The second-order valence-corrected chi connectivity index (χ2v) is 9.42. The van der Waals surface area contributed by atoms with E-state index in [1.54, 1.807) is 27.9 Å². The van der Waals surface area contributed by atoms with Crippen molar-refractivity contribution in [1.29, 1.82) is 0 Å². The summed E-state index contributed by atoms with van der Waals surface area (Å²) < 4.78 is 28.1. The van der Waals surface area contributed by atoms with E-state index in [4.69, 9.17) is 22.5 Å². The average Bonchev–Trinajstić information content (AvgIpc) is 3.28. The molecule has 0 bridgehead atoms. The maximum absolute atomic E-state index is 12.5. The molecule has 0 amide bonds. The van der Waals surface area contributed by atoms with E-state index in [1.165, 1.54) is 5.56 Å². The van der Waals surface area contributed by atoms with Crippen LogP contribution in [0, 0.1) is 12.3 Å². The number of likely N-dealkylation sites (N-methyl/N-ethyl adjacent to an activating group) is 1. The van der Waals surface area contributed by atoms with Crippen LogP contribution in [0.3, 0.4) is 0 Å². The quantitative estimate of drug-likeness (QED) is 0.301. The molecule has 0 unspecified atom stereocenters. The van der Waals surface area contributed by atoms with Gasteiger partial charge in [0.1, 0.15) is 18.0 Å². The molecule has 9 nitrogen and oxygen atoms in total. The first kappa shape index (κ1) is 24.9. The van der Waals surface area contributed by atoms with Gasteiger partial charge in [-0.25, -0.2) is 4.79 Å². The van der Waals surface area contributed by atoms with Gasteiger partial charge in [0.15, 0.2) is 18.1 Å². The molecule has 1 aromatic carbocycles. The van der Waals surface area contributed by atoms with Crippen molar-refractivity contribution in [2.24, 2.45) is 5.41 Å². The van der Waals surface area contributed by atoms with Crippen LogP contribution in [0.15, 0.2) is 38.0 Å². The Hall–Kier alpha value is -2.69. The summed E-state index contributed by atoms with van der Waals surface area (Å²) in [6.07, 6.45) is 2.93. The second kappa shape index (κ2) is 10.5. The molecule has 3 aromatic rings. The maximum Gasteiger partial charge on any atom is 0.519 e. The monoisotopic (exact) mass is 478 g/mol. The lowest BCUT2D eigenvalue weighted by molar-refractivity contribution is -0.157. The third kappa shape index (κ3) is 6.21. The molecule has 2 heterocycles. The summed E-state index contributed by atoms with van der Waals surface area (Å²) >= 11 is 1.16. The number of carbonyl (C=O) groups is 1. The number of benzene rings is 1. The highest BCUT2D eigenvalue weighted by Gasteiger charge is 2.31. The van der Waals surface area contributed by atoms with Crippen molar-refractivity contribution in [2.45, 2.75) is 33.8 Å². The number of hydrogen-bond donors (Lipinski definition) is 0. The van der Waals surface area contributed by atoms with E-state index in [2.05, 4.69) is 4.90 Å². The van der Waals surface area contributed by atoms with Gasteiger partial charge in [-0.05, 0) is 65.0 Å². The number of nitrogens with zero attached hydrogens (tertiary/aromatic N) is 2. The fourth-order valence-corrected chi connectivity index (χ4v) is 3.97. The molecule has 0 saturated carbocycles. The third-order valence-corrected chi connectivity index (χ3v) is 5.85. The number of hydrogen-bond acceptors (Lipinski definition) is 9. The van der Waals surface area contributed by atoms with Crippen molar-refractivity contribution in [2.75, 3.05) is 34.4 Å². The summed E-state index contributed by atoms with van der Waals surface area (Å²) in [7, 11) is 5.74. The zero-order valence-corrected chi connectivity index (χ0v) is 20.6. The molecule has 3 rings (SSSR count). The Balaban J connectivity index is 1.64. The van der Waals surface area contributed by atoms with E-state index in [1.807, 2.05) is 42.5 Å². The normalized spacial score (nSPS) is 12.0. The van der Waals surface area contributed by atoms with Gasteiger partial charge in [0.2, 0.25) is 0 Å². The van der Waals surface area contributed by atoms with Crippen LogP contribution in [0.25, 0.3) is 10.9 Å². The minimum absolute atomic E-state index is 0.119. The van der Waals surface area contributed by atoms with Crippen molar-refractivity contribution in [3.8, 4) is 5.75 Å². The SMILES string of the molecule is COc1ccc2c(c1)c(CCN(C)C)cn2SOCC(C)(C)C(=O)OCc1oc(=O)oc1C. The van der Waals surface area contributed by atoms with Crippen LogP contribution < -0.4 is 10.6 Å². The molecule has 2 aromatic heterocycles. The first-order chi connectivity index (χ1) is 15.6. The number of aryl methyl sites for hydroxylation is 1. The standard InChI is InChI=1S/C23H30N2O7S/c1-15-20(32-22(27)31-15)13-29-21(26)23(2,3)14-30-33-25-12-16(9-10-24(4)5)18-11-17(28-6)7-8-19(18)25/h7-8,11-12H,9-10,13-14H2,1-6H3. The predicted molar refractivity (Wildman–Crippen MR) is 125 cm³/mol. The zero-order chi connectivity index (χ0) is 24.2. The van der Waals surface area contributed by atoms with E-state index in [0.29, 0.717) is 5.76 Å². The van der Waals surface area contributed by atoms with Crippen molar-refractivity contribution < 1.29 is 27.3 Å². The van der Waals surface area contributed by atoms with Gasteiger partial charge in [-0.3, -0.25) is 13.0 Å². The minimum atomic E-state index is -0.912. The molecule has 0 spiro atoms. The first-order valence-electron chi connectivity index (χ1n) is 10.5. The number of esters is 1. The maximum atomic E-state index is 12.5. The van der Waals surface area contributed by atoms with Crippen LogP contribution in [-0.2, 0) is 26.7 Å². The van der Waals surface area contributed by atoms with Crippen molar-refractivity contribution in [3.63, 3.8) is 0 Å². The number of fused-ring (bicyclic) bond motifs is 1. The number of rotatable bonds is 11. The molecule has 0 aliphatic rings. The van der Waals surface area contributed by atoms with E-state index in [-0.39, 0.29) is 19.0 Å². The smallest absolute Gasteiger partial charge is 0.497 e. The molecule has 0 saturated heterocycles. The summed E-state index contributed by atoms with van der Waals surface area (Å²) in [5.41, 5.74) is 1.27. The highest BCUT2D eigenvalue weighted by molar-refractivity contribution is 7.93. The Morgan fingerprint density at radius 2 is 2.00 bits per heavy atom. The Kier molecular flexibility index (Phi) is 7.93. The van der Waals surface area contributed by atoms with Crippen LogP contribution >= 0.6 is 12.2 Å². The van der Waals surface area contributed by atoms with Crippen molar-refractivity contribution >= 4 is 29.1 Å². The number of carbonyl (C=O) groups excluding carboxylic acids is 1. The molecule has 0 aliphatic carbocycles. The summed E-state index contributed by atoms with van der Waals surface area (Å²) in [5.74, 6) is -0.0124. The van der Waals surface area contributed by atoms with Crippen LogP contribution in [0.5, 0.6) is 5.75 Å². The number of aromatic nitrogens is 1. The van der Waals surface area contributed by atoms with Gasteiger partial charge in [0.05, 0.1) is 24.6 Å². The molecule has 0 radical (unpaired) electrons. The van der Waals surface area contributed by atoms with Gasteiger partial charge >= 0.3 is 11.8 Å². The molecule has 0 fully saturated rings. The molecule has 180 valence electrons. The molecule has 10 heteroatoms. The van der Waals surface area contributed by atoms with E-state index < -0.39 is 17.2 Å². The Morgan fingerprint density at radius 1 is 1.24 bits per heavy atom. The summed E-state index contributed by atoms with van der Waals surface area (Å²) in [6, 6.07) is 5.92. The molecular formula is C23H30N2O7S. The minimum Gasteiger partial charge on any atom is -0.497 e. The molecular weight excluding hydrogens is 448 g/mol. The van der Waals surface area contributed by atoms with Crippen LogP contribution in [0.2, 0.25) is 0 Å². The highest BCUT2D eigenvalue weighted by Crippen LogP contribution is 2.31. The Morgan fingerprint density at radius 3 is 2.64 bits per heavy atom. The van der Waals surface area contributed by atoms with Crippen LogP contribution in [-0.4, -0.2) is 49.2 Å². The summed E-state index contributed by atoms with van der Waals surface area (Å²) in [5, 5.41) is 1.10. The molecule has 0 atom stereocenters. The number of ether oxygens (including phenoxy) is 2. The summed E-state index contributed by atoms with van der Waals surface area (Å²) in [4.78, 5) is 25.8. The summed E-state index contributed by atoms with van der Waals surface area (Å²) in [6.45, 7) is 5.89.